The van der Waals surface area contributed by atoms with E-state index in [0.717, 1.165) is 0 Å². The second-order valence-electron chi connectivity index (χ2n) is 3.34. The molecule has 1 N–H and O–H groups in total. The van der Waals surface area contributed by atoms with Gasteiger partial charge < -0.3 is 9.84 Å². The lowest BCUT2D eigenvalue weighted by atomic mass is 9.93. The number of carbonyl (C=O) groups is 1. The summed E-state index contributed by atoms with van der Waals surface area (Å²) in [6.45, 7) is 0.0200. The average molecular weight is 196 g/mol. The third-order valence-corrected chi connectivity index (χ3v) is 2.29. The number of hydrogen-bond donors (Lipinski definition) is 1. The molecule has 0 aromatic heterocycles. The second kappa shape index (κ2) is 3.06. The Morgan fingerprint density at radius 1 is 1.50 bits per heavy atom. The lowest BCUT2D eigenvalue weighted by molar-refractivity contribution is -0.135. The molecule has 1 aliphatic heterocycles. The van der Waals surface area contributed by atoms with Gasteiger partial charge in [-0.25, -0.2) is 9.18 Å². The van der Waals surface area contributed by atoms with Crippen molar-refractivity contribution < 1.29 is 19.0 Å². The van der Waals surface area contributed by atoms with Gasteiger partial charge in [-0.15, -0.1) is 0 Å². The highest BCUT2D eigenvalue weighted by molar-refractivity contribution is 5.87. The minimum absolute atomic E-state index is 0.00999. The standard InChI is InChI=1S/C10H9FO3/c11-10(5-14-6-10)8-3-1-2-7(4-8)9(12)13/h1-4H,5-6H2,(H,12,13). The molecule has 0 saturated carbocycles. The third-order valence-electron chi connectivity index (χ3n) is 2.29. The highest BCUT2D eigenvalue weighted by Gasteiger charge is 2.40. The van der Waals surface area contributed by atoms with Crippen LogP contribution in [-0.2, 0) is 10.4 Å². The minimum atomic E-state index is -1.49. The Labute approximate surface area is 80.1 Å². The fourth-order valence-corrected chi connectivity index (χ4v) is 1.38. The van der Waals surface area contributed by atoms with Gasteiger partial charge in [-0.2, -0.15) is 0 Å². The van der Waals surface area contributed by atoms with Gasteiger partial charge in [0.25, 0.3) is 0 Å². The Morgan fingerprint density at radius 2 is 2.21 bits per heavy atom. The molecular formula is C10H9FO3. The van der Waals surface area contributed by atoms with E-state index in [4.69, 9.17) is 9.84 Å². The first kappa shape index (κ1) is 9.15. The molecule has 1 heterocycles. The Hall–Kier alpha value is -1.42. The van der Waals surface area contributed by atoms with Crippen molar-refractivity contribution in [3.05, 3.63) is 35.4 Å². The lowest BCUT2D eigenvalue weighted by Crippen LogP contribution is -2.42. The van der Waals surface area contributed by atoms with E-state index >= 15 is 0 Å². The molecule has 1 aromatic carbocycles. The predicted octanol–water partition coefficient (Wildman–Crippen LogP) is 1.58. The number of ether oxygens (including phenoxy) is 1. The van der Waals surface area contributed by atoms with Gasteiger partial charge >= 0.3 is 5.97 Å². The summed E-state index contributed by atoms with van der Waals surface area (Å²) >= 11 is 0. The summed E-state index contributed by atoms with van der Waals surface area (Å²) < 4.78 is 18.5. The van der Waals surface area contributed by atoms with Crippen LogP contribution in [0.25, 0.3) is 0 Å². The monoisotopic (exact) mass is 196 g/mol. The first-order valence-electron chi connectivity index (χ1n) is 4.22. The molecule has 0 radical (unpaired) electrons. The van der Waals surface area contributed by atoms with Crippen molar-refractivity contribution in [2.24, 2.45) is 0 Å². The van der Waals surface area contributed by atoms with E-state index in [-0.39, 0.29) is 18.8 Å². The van der Waals surface area contributed by atoms with Crippen LogP contribution in [0.15, 0.2) is 24.3 Å². The molecule has 0 atom stereocenters. The molecule has 0 bridgehead atoms. The minimum Gasteiger partial charge on any atom is -0.478 e. The summed E-state index contributed by atoms with van der Waals surface area (Å²) in [7, 11) is 0. The number of halogens is 1. The van der Waals surface area contributed by atoms with Crippen LogP contribution in [0.1, 0.15) is 15.9 Å². The quantitative estimate of drug-likeness (QED) is 0.781. The summed E-state index contributed by atoms with van der Waals surface area (Å²) in [6, 6.07) is 5.91. The van der Waals surface area contributed by atoms with Crippen LogP contribution in [-0.4, -0.2) is 24.3 Å². The van der Waals surface area contributed by atoms with E-state index in [9.17, 15) is 9.18 Å². The molecule has 0 spiro atoms. The van der Waals surface area contributed by atoms with Crippen LogP contribution in [0, 0.1) is 0 Å². The predicted molar refractivity (Wildman–Crippen MR) is 47.0 cm³/mol. The summed E-state index contributed by atoms with van der Waals surface area (Å²) in [5.74, 6) is -1.05. The van der Waals surface area contributed by atoms with E-state index < -0.39 is 11.6 Å². The largest absolute Gasteiger partial charge is 0.478 e. The number of aromatic carboxylic acids is 1. The molecule has 74 valence electrons. The summed E-state index contributed by atoms with van der Waals surface area (Å²) in [5, 5.41) is 8.71. The molecule has 1 fully saturated rings. The number of benzene rings is 1. The van der Waals surface area contributed by atoms with Crippen LogP contribution >= 0.6 is 0 Å². The smallest absolute Gasteiger partial charge is 0.335 e. The molecule has 2 rings (SSSR count). The van der Waals surface area contributed by atoms with Gasteiger partial charge in [0.15, 0.2) is 5.67 Å². The molecule has 3 nitrogen and oxygen atoms in total. The van der Waals surface area contributed by atoms with E-state index in [1.807, 2.05) is 0 Å². The van der Waals surface area contributed by atoms with Gasteiger partial charge in [0.2, 0.25) is 0 Å². The Bertz CT molecular complexity index is 371. The van der Waals surface area contributed by atoms with E-state index in [0.29, 0.717) is 5.56 Å². The summed E-state index contributed by atoms with van der Waals surface area (Å²) in [6.07, 6.45) is 0. The topological polar surface area (TPSA) is 46.5 Å². The van der Waals surface area contributed by atoms with Gasteiger partial charge in [-0.3, -0.25) is 0 Å². The van der Waals surface area contributed by atoms with Crippen LogP contribution in [0.4, 0.5) is 4.39 Å². The third kappa shape index (κ3) is 1.37. The summed E-state index contributed by atoms with van der Waals surface area (Å²) in [5.41, 5.74) is -1.01. The maximum atomic E-state index is 13.8. The number of carboxylic acid groups (broad SMARTS) is 1. The van der Waals surface area contributed by atoms with Crippen molar-refractivity contribution in [2.75, 3.05) is 13.2 Å². The molecule has 1 aromatic rings. The summed E-state index contributed by atoms with van der Waals surface area (Å²) in [4.78, 5) is 10.6. The van der Waals surface area contributed by atoms with Crippen molar-refractivity contribution in [1.29, 1.82) is 0 Å². The fraction of sp³-hybridized carbons (Fsp3) is 0.300. The van der Waals surface area contributed by atoms with Crippen molar-refractivity contribution in [1.82, 2.24) is 0 Å². The van der Waals surface area contributed by atoms with Gasteiger partial charge in [0, 0.05) is 0 Å². The normalized spacial score (nSPS) is 18.6. The van der Waals surface area contributed by atoms with Crippen molar-refractivity contribution in [3.63, 3.8) is 0 Å². The van der Waals surface area contributed by atoms with Gasteiger partial charge in [0.05, 0.1) is 18.8 Å². The number of hydrogen-bond acceptors (Lipinski definition) is 2. The van der Waals surface area contributed by atoms with Crippen LogP contribution in [0.2, 0.25) is 0 Å². The zero-order valence-electron chi connectivity index (χ0n) is 7.37. The zero-order chi connectivity index (χ0) is 10.2. The number of rotatable bonds is 2. The number of alkyl halides is 1. The fourth-order valence-electron chi connectivity index (χ4n) is 1.38. The molecule has 14 heavy (non-hydrogen) atoms. The van der Waals surface area contributed by atoms with Gasteiger partial charge in [0.1, 0.15) is 0 Å². The van der Waals surface area contributed by atoms with Crippen LogP contribution in [0.3, 0.4) is 0 Å². The Morgan fingerprint density at radius 3 is 2.71 bits per heavy atom. The van der Waals surface area contributed by atoms with E-state index in [1.54, 1.807) is 12.1 Å². The Balaban J connectivity index is 2.35. The van der Waals surface area contributed by atoms with Gasteiger partial charge in [-0.1, -0.05) is 12.1 Å². The molecule has 0 aliphatic carbocycles. The highest BCUT2D eigenvalue weighted by atomic mass is 19.1. The average Bonchev–Trinajstić information content (AvgIpc) is 2.14. The molecule has 4 heteroatoms. The molecule has 1 aliphatic rings. The number of carboxylic acids is 1. The van der Waals surface area contributed by atoms with Crippen molar-refractivity contribution in [2.45, 2.75) is 5.67 Å². The van der Waals surface area contributed by atoms with Crippen molar-refractivity contribution >= 4 is 5.97 Å². The lowest BCUT2D eigenvalue weighted by Gasteiger charge is -2.34. The van der Waals surface area contributed by atoms with E-state index in [2.05, 4.69) is 0 Å². The maximum absolute atomic E-state index is 13.8. The highest BCUT2D eigenvalue weighted by Crippen LogP contribution is 2.33. The first-order chi connectivity index (χ1) is 6.62. The van der Waals surface area contributed by atoms with Crippen LogP contribution in [0.5, 0.6) is 0 Å². The van der Waals surface area contributed by atoms with Gasteiger partial charge in [-0.05, 0) is 17.7 Å². The second-order valence-corrected chi connectivity index (χ2v) is 3.34. The first-order valence-corrected chi connectivity index (χ1v) is 4.22. The molecular weight excluding hydrogens is 187 g/mol. The Kier molecular flexibility index (Phi) is 2.00. The molecule has 1 saturated heterocycles. The maximum Gasteiger partial charge on any atom is 0.335 e. The molecule has 0 amide bonds. The van der Waals surface area contributed by atoms with E-state index in [1.165, 1.54) is 12.1 Å². The zero-order valence-corrected chi connectivity index (χ0v) is 7.37. The van der Waals surface area contributed by atoms with Crippen molar-refractivity contribution in [3.8, 4) is 0 Å². The molecule has 0 unspecified atom stereocenters. The SMILES string of the molecule is O=C(O)c1cccc(C2(F)COC2)c1. The van der Waals surface area contributed by atoms with Crippen LogP contribution < -0.4 is 0 Å².